The van der Waals surface area contributed by atoms with Gasteiger partial charge in [-0.05, 0) is 29.0 Å². The molecule has 21 heavy (non-hydrogen) atoms. The van der Waals surface area contributed by atoms with Crippen LogP contribution >= 0.6 is 11.3 Å². The van der Waals surface area contributed by atoms with E-state index in [0.29, 0.717) is 13.0 Å². The first-order chi connectivity index (χ1) is 10.1. The molecule has 0 aliphatic carbocycles. The van der Waals surface area contributed by atoms with Crippen LogP contribution in [-0.2, 0) is 29.0 Å². The largest absolute Gasteiger partial charge is 0.481 e. The molecule has 0 spiro atoms. The van der Waals surface area contributed by atoms with Gasteiger partial charge < -0.3 is 10.4 Å². The standard InChI is InChI=1S/C16H17NO3S/c18-15(8-7-14-6-3-9-21-14)17-11-13-5-2-1-4-12(13)10-16(19)20/h1-6,9H,7-8,10-11H2,(H,17,18)(H,19,20). The quantitative estimate of drug-likeness (QED) is 0.826. The molecule has 1 amide bonds. The summed E-state index contributed by atoms with van der Waals surface area (Å²) in [4.78, 5) is 23.8. The monoisotopic (exact) mass is 303 g/mol. The van der Waals surface area contributed by atoms with Crippen LogP contribution in [-0.4, -0.2) is 17.0 Å². The summed E-state index contributed by atoms with van der Waals surface area (Å²) < 4.78 is 0. The fourth-order valence-electron chi connectivity index (χ4n) is 2.04. The van der Waals surface area contributed by atoms with Crippen molar-refractivity contribution in [2.24, 2.45) is 0 Å². The number of hydrogen-bond donors (Lipinski definition) is 2. The van der Waals surface area contributed by atoms with Gasteiger partial charge in [0.05, 0.1) is 6.42 Å². The molecule has 0 unspecified atom stereocenters. The first-order valence-corrected chi connectivity index (χ1v) is 7.61. The molecule has 1 heterocycles. The molecule has 0 aliphatic rings. The van der Waals surface area contributed by atoms with Crippen molar-refractivity contribution in [2.45, 2.75) is 25.8 Å². The fraction of sp³-hybridized carbons (Fsp3) is 0.250. The van der Waals surface area contributed by atoms with Gasteiger partial charge in [-0.3, -0.25) is 9.59 Å². The van der Waals surface area contributed by atoms with E-state index in [4.69, 9.17) is 5.11 Å². The molecular formula is C16H17NO3S. The number of aryl methyl sites for hydroxylation is 1. The van der Waals surface area contributed by atoms with Crippen molar-refractivity contribution in [1.82, 2.24) is 5.32 Å². The van der Waals surface area contributed by atoms with E-state index in [2.05, 4.69) is 5.32 Å². The van der Waals surface area contributed by atoms with Gasteiger partial charge in [0.2, 0.25) is 5.91 Å². The second kappa shape index (κ2) is 7.59. The second-order valence-corrected chi connectivity index (χ2v) is 5.73. The zero-order chi connectivity index (χ0) is 15.1. The van der Waals surface area contributed by atoms with Crippen molar-refractivity contribution < 1.29 is 14.7 Å². The van der Waals surface area contributed by atoms with Crippen LogP contribution in [0.15, 0.2) is 41.8 Å². The average Bonchev–Trinajstić information content (AvgIpc) is 2.97. The van der Waals surface area contributed by atoms with Gasteiger partial charge in [0.25, 0.3) is 0 Å². The SMILES string of the molecule is O=C(O)Cc1ccccc1CNC(=O)CCc1cccs1. The molecule has 2 N–H and O–H groups in total. The minimum absolute atomic E-state index is 0.0199. The van der Waals surface area contributed by atoms with Crippen LogP contribution in [0.4, 0.5) is 0 Å². The van der Waals surface area contributed by atoms with Crippen LogP contribution in [0.2, 0.25) is 0 Å². The molecule has 2 rings (SSSR count). The molecule has 4 nitrogen and oxygen atoms in total. The molecule has 0 aliphatic heterocycles. The Morgan fingerprint density at radius 2 is 1.86 bits per heavy atom. The van der Waals surface area contributed by atoms with Gasteiger partial charge in [-0.15, -0.1) is 11.3 Å². The number of benzene rings is 1. The van der Waals surface area contributed by atoms with E-state index in [-0.39, 0.29) is 12.3 Å². The number of carboxylic acids is 1. The molecule has 0 saturated heterocycles. The molecule has 0 bridgehead atoms. The predicted molar refractivity (Wildman–Crippen MR) is 82.3 cm³/mol. The molecule has 0 radical (unpaired) electrons. The molecule has 0 atom stereocenters. The van der Waals surface area contributed by atoms with Crippen LogP contribution < -0.4 is 5.32 Å². The van der Waals surface area contributed by atoms with Gasteiger partial charge in [-0.2, -0.15) is 0 Å². The highest BCUT2D eigenvalue weighted by Gasteiger charge is 2.08. The molecule has 1 aromatic carbocycles. The average molecular weight is 303 g/mol. The number of hydrogen-bond acceptors (Lipinski definition) is 3. The molecular weight excluding hydrogens is 286 g/mol. The maximum absolute atomic E-state index is 11.8. The summed E-state index contributed by atoms with van der Waals surface area (Å²) in [7, 11) is 0. The van der Waals surface area contributed by atoms with E-state index in [1.807, 2.05) is 29.6 Å². The third-order valence-electron chi connectivity index (χ3n) is 3.11. The van der Waals surface area contributed by atoms with Crippen LogP contribution in [0.5, 0.6) is 0 Å². The highest BCUT2D eigenvalue weighted by atomic mass is 32.1. The van der Waals surface area contributed by atoms with Crippen LogP contribution in [0.1, 0.15) is 22.4 Å². The Morgan fingerprint density at radius 1 is 1.10 bits per heavy atom. The Balaban J connectivity index is 1.84. The van der Waals surface area contributed by atoms with Gasteiger partial charge in [-0.1, -0.05) is 30.3 Å². The third-order valence-corrected chi connectivity index (χ3v) is 4.05. The Hall–Kier alpha value is -2.14. The lowest BCUT2D eigenvalue weighted by atomic mass is 10.0. The number of thiophene rings is 1. The van der Waals surface area contributed by atoms with Crippen LogP contribution in [0.3, 0.4) is 0 Å². The minimum atomic E-state index is -0.869. The van der Waals surface area contributed by atoms with Gasteiger partial charge in [0, 0.05) is 17.8 Å². The highest BCUT2D eigenvalue weighted by Crippen LogP contribution is 2.12. The smallest absolute Gasteiger partial charge is 0.307 e. The number of nitrogens with one attached hydrogen (secondary N) is 1. The fourth-order valence-corrected chi connectivity index (χ4v) is 2.75. The van der Waals surface area contributed by atoms with Gasteiger partial charge >= 0.3 is 5.97 Å². The number of carboxylic acid groups (broad SMARTS) is 1. The van der Waals surface area contributed by atoms with Crippen LogP contribution in [0, 0.1) is 0 Å². The van der Waals surface area contributed by atoms with Crippen molar-refractivity contribution in [3.63, 3.8) is 0 Å². The van der Waals surface area contributed by atoms with Crippen molar-refractivity contribution in [3.8, 4) is 0 Å². The third kappa shape index (κ3) is 5.04. The molecule has 1 aromatic heterocycles. The zero-order valence-corrected chi connectivity index (χ0v) is 12.4. The van der Waals surface area contributed by atoms with Crippen molar-refractivity contribution >= 4 is 23.2 Å². The Kier molecular flexibility index (Phi) is 5.51. The lowest BCUT2D eigenvalue weighted by molar-refractivity contribution is -0.136. The Labute approximate surface area is 127 Å². The van der Waals surface area contributed by atoms with Crippen molar-refractivity contribution in [3.05, 3.63) is 57.8 Å². The molecule has 0 fully saturated rings. The number of amides is 1. The Bertz CT molecular complexity index is 608. The molecule has 2 aromatic rings. The van der Waals surface area contributed by atoms with E-state index in [9.17, 15) is 9.59 Å². The maximum Gasteiger partial charge on any atom is 0.307 e. The summed E-state index contributed by atoms with van der Waals surface area (Å²) >= 11 is 1.64. The topological polar surface area (TPSA) is 66.4 Å². The highest BCUT2D eigenvalue weighted by molar-refractivity contribution is 7.09. The van der Waals surface area contributed by atoms with Crippen LogP contribution in [0.25, 0.3) is 0 Å². The summed E-state index contributed by atoms with van der Waals surface area (Å²) in [5.41, 5.74) is 1.59. The minimum Gasteiger partial charge on any atom is -0.481 e. The van der Waals surface area contributed by atoms with E-state index in [1.165, 1.54) is 4.88 Å². The summed E-state index contributed by atoms with van der Waals surface area (Å²) in [5.74, 6) is -0.889. The van der Waals surface area contributed by atoms with Gasteiger partial charge in [0.1, 0.15) is 0 Å². The molecule has 5 heteroatoms. The zero-order valence-electron chi connectivity index (χ0n) is 11.5. The summed E-state index contributed by atoms with van der Waals surface area (Å²) in [6, 6.07) is 11.3. The first-order valence-electron chi connectivity index (χ1n) is 6.73. The molecule has 0 saturated carbocycles. The number of carbonyl (C=O) groups is 2. The summed E-state index contributed by atoms with van der Waals surface area (Å²) in [6.07, 6.45) is 1.16. The van der Waals surface area contributed by atoms with Crippen molar-refractivity contribution in [2.75, 3.05) is 0 Å². The van der Waals surface area contributed by atoms with Crippen molar-refractivity contribution in [1.29, 1.82) is 0 Å². The van der Waals surface area contributed by atoms with E-state index >= 15 is 0 Å². The summed E-state index contributed by atoms with van der Waals surface area (Å²) in [6.45, 7) is 0.368. The van der Waals surface area contributed by atoms with Gasteiger partial charge in [0.15, 0.2) is 0 Å². The molecule has 110 valence electrons. The first kappa shape index (κ1) is 15.3. The normalized spacial score (nSPS) is 10.3. The predicted octanol–water partition coefficient (Wildman–Crippen LogP) is 2.62. The Morgan fingerprint density at radius 3 is 2.52 bits per heavy atom. The lowest BCUT2D eigenvalue weighted by Gasteiger charge is -2.09. The summed E-state index contributed by atoms with van der Waals surface area (Å²) in [5, 5.41) is 13.7. The van der Waals surface area contributed by atoms with E-state index in [1.54, 1.807) is 23.5 Å². The van der Waals surface area contributed by atoms with E-state index < -0.39 is 5.97 Å². The number of aliphatic carboxylic acids is 1. The maximum atomic E-state index is 11.8. The van der Waals surface area contributed by atoms with E-state index in [0.717, 1.165) is 17.5 Å². The number of rotatable bonds is 7. The number of carbonyl (C=O) groups excluding carboxylic acids is 1. The lowest BCUT2D eigenvalue weighted by Crippen LogP contribution is -2.23. The van der Waals surface area contributed by atoms with Gasteiger partial charge in [-0.25, -0.2) is 0 Å². The second-order valence-electron chi connectivity index (χ2n) is 4.70.